The summed E-state index contributed by atoms with van der Waals surface area (Å²) in [6.45, 7) is 4.45. The maximum atomic E-state index is 9.86. The zero-order valence-corrected chi connectivity index (χ0v) is 11.5. The van der Waals surface area contributed by atoms with Crippen LogP contribution in [-0.2, 0) is 0 Å². The largest absolute Gasteiger partial charge is 0.391 e. The highest BCUT2D eigenvalue weighted by atomic mass is 16.3. The Hall–Kier alpha value is -1.88. The van der Waals surface area contributed by atoms with Crippen molar-refractivity contribution in [2.24, 2.45) is 5.92 Å². The zero-order chi connectivity index (χ0) is 13.8. The van der Waals surface area contributed by atoms with E-state index in [1.807, 2.05) is 38.1 Å². The van der Waals surface area contributed by atoms with E-state index in [1.54, 1.807) is 7.05 Å². The smallest absolute Gasteiger partial charge is 0.224 e. The van der Waals surface area contributed by atoms with E-state index in [0.717, 1.165) is 16.7 Å². The average Bonchev–Trinajstić information content (AvgIpc) is 2.43. The first kappa shape index (κ1) is 13.5. The van der Waals surface area contributed by atoms with Gasteiger partial charge >= 0.3 is 0 Å². The summed E-state index contributed by atoms with van der Waals surface area (Å²) in [5.74, 6) is 1.53. The highest BCUT2D eigenvalue weighted by Gasteiger charge is 2.11. The van der Waals surface area contributed by atoms with Gasteiger partial charge in [-0.15, -0.1) is 0 Å². The molecule has 5 nitrogen and oxygen atoms in total. The van der Waals surface area contributed by atoms with E-state index in [9.17, 15) is 5.11 Å². The van der Waals surface area contributed by atoms with Gasteiger partial charge in [0.15, 0.2) is 0 Å². The second-order valence-corrected chi connectivity index (χ2v) is 4.86. The topological polar surface area (TPSA) is 70.1 Å². The fraction of sp³-hybridized carbons (Fsp3) is 0.429. The number of anilines is 2. The zero-order valence-electron chi connectivity index (χ0n) is 11.5. The van der Waals surface area contributed by atoms with Crippen LogP contribution >= 0.6 is 0 Å². The number of hydrogen-bond donors (Lipinski definition) is 3. The van der Waals surface area contributed by atoms with Crippen molar-refractivity contribution in [1.29, 1.82) is 0 Å². The second-order valence-electron chi connectivity index (χ2n) is 4.86. The predicted molar refractivity (Wildman–Crippen MR) is 78.4 cm³/mol. The highest BCUT2D eigenvalue weighted by molar-refractivity contribution is 5.89. The van der Waals surface area contributed by atoms with Crippen LogP contribution in [0.3, 0.4) is 0 Å². The number of para-hydroxylation sites is 1. The molecule has 19 heavy (non-hydrogen) atoms. The third-order valence-electron chi connectivity index (χ3n) is 3.08. The fourth-order valence-corrected chi connectivity index (χ4v) is 1.76. The predicted octanol–water partition coefficient (Wildman–Crippen LogP) is 2.10. The molecule has 102 valence electrons. The van der Waals surface area contributed by atoms with Gasteiger partial charge in [0, 0.05) is 19.0 Å². The van der Waals surface area contributed by atoms with Gasteiger partial charge in [0.05, 0.1) is 11.6 Å². The number of aliphatic hydroxyl groups excluding tert-OH is 1. The van der Waals surface area contributed by atoms with Crippen LogP contribution in [0.1, 0.15) is 13.8 Å². The Bertz CT molecular complexity index is 556. The number of aliphatic hydroxyl groups is 1. The van der Waals surface area contributed by atoms with Crippen molar-refractivity contribution in [2.75, 3.05) is 24.2 Å². The van der Waals surface area contributed by atoms with Gasteiger partial charge in [-0.3, -0.25) is 0 Å². The Labute approximate surface area is 113 Å². The van der Waals surface area contributed by atoms with Crippen LogP contribution < -0.4 is 10.6 Å². The fourth-order valence-electron chi connectivity index (χ4n) is 1.76. The Balaban J connectivity index is 2.30. The molecule has 0 bridgehead atoms. The number of nitrogens with zero attached hydrogens (tertiary/aromatic N) is 2. The first-order valence-corrected chi connectivity index (χ1v) is 6.48. The number of hydrogen-bond acceptors (Lipinski definition) is 5. The van der Waals surface area contributed by atoms with Crippen LogP contribution in [0.4, 0.5) is 11.8 Å². The Morgan fingerprint density at radius 3 is 2.63 bits per heavy atom. The number of nitrogens with one attached hydrogen (secondary N) is 2. The maximum Gasteiger partial charge on any atom is 0.224 e. The van der Waals surface area contributed by atoms with E-state index in [2.05, 4.69) is 20.6 Å². The van der Waals surface area contributed by atoms with Gasteiger partial charge in [-0.2, -0.15) is 4.98 Å². The molecular weight excluding hydrogens is 240 g/mol. The highest BCUT2D eigenvalue weighted by Crippen LogP contribution is 2.21. The molecule has 0 saturated heterocycles. The molecule has 2 aromatic rings. The second kappa shape index (κ2) is 5.84. The maximum absolute atomic E-state index is 9.86. The van der Waals surface area contributed by atoms with E-state index in [1.165, 1.54) is 0 Å². The van der Waals surface area contributed by atoms with Crippen LogP contribution in [0.5, 0.6) is 0 Å². The van der Waals surface area contributed by atoms with Crippen LogP contribution in [0.15, 0.2) is 24.3 Å². The van der Waals surface area contributed by atoms with E-state index >= 15 is 0 Å². The van der Waals surface area contributed by atoms with Crippen molar-refractivity contribution >= 4 is 22.7 Å². The minimum absolute atomic E-state index is 0.212. The Morgan fingerprint density at radius 1 is 1.21 bits per heavy atom. The standard InChI is InChI=1S/C14H20N4O/c1-9(2)12(19)8-16-13-10-6-4-5-7-11(10)17-14(15-3)18-13/h4-7,9,12,19H,8H2,1-3H3,(H2,15,16,17,18). The van der Waals surface area contributed by atoms with Gasteiger partial charge < -0.3 is 15.7 Å². The van der Waals surface area contributed by atoms with E-state index in [4.69, 9.17) is 0 Å². The first-order chi connectivity index (χ1) is 9.11. The minimum Gasteiger partial charge on any atom is -0.391 e. The molecule has 0 spiro atoms. The van der Waals surface area contributed by atoms with Crippen LogP contribution in [0, 0.1) is 5.92 Å². The molecule has 0 aliphatic rings. The summed E-state index contributed by atoms with van der Waals surface area (Å²) in [4.78, 5) is 8.80. The lowest BCUT2D eigenvalue weighted by Gasteiger charge is -2.16. The van der Waals surface area contributed by atoms with Gasteiger partial charge in [0.2, 0.25) is 5.95 Å². The minimum atomic E-state index is -0.397. The number of rotatable bonds is 5. The first-order valence-electron chi connectivity index (χ1n) is 6.48. The van der Waals surface area contributed by atoms with Crippen LogP contribution in [-0.4, -0.2) is 34.8 Å². The van der Waals surface area contributed by atoms with Crippen molar-refractivity contribution in [1.82, 2.24) is 9.97 Å². The van der Waals surface area contributed by atoms with Gasteiger partial charge in [0.25, 0.3) is 0 Å². The summed E-state index contributed by atoms with van der Waals surface area (Å²) in [5, 5.41) is 17.0. The summed E-state index contributed by atoms with van der Waals surface area (Å²) in [7, 11) is 1.79. The summed E-state index contributed by atoms with van der Waals surface area (Å²) in [5.41, 5.74) is 0.878. The molecule has 1 unspecified atom stereocenters. The van der Waals surface area contributed by atoms with Crippen LogP contribution in [0.2, 0.25) is 0 Å². The molecule has 5 heteroatoms. The monoisotopic (exact) mass is 260 g/mol. The molecule has 1 atom stereocenters. The van der Waals surface area contributed by atoms with Gasteiger partial charge in [-0.1, -0.05) is 26.0 Å². The molecule has 1 aromatic heterocycles. The lowest BCUT2D eigenvalue weighted by Crippen LogP contribution is -2.25. The van der Waals surface area contributed by atoms with Gasteiger partial charge in [-0.25, -0.2) is 4.98 Å². The molecule has 2 rings (SSSR count). The summed E-state index contributed by atoms with van der Waals surface area (Å²) in [6.07, 6.45) is -0.397. The number of aromatic nitrogens is 2. The third kappa shape index (κ3) is 3.12. The van der Waals surface area contributed by atoms with Crippen molar-refractivity contribution in [3.8, 4) is 0 Å². The summed E-state index contributed by atoms with van der Waals surface area (Å²) < 4.78 is 0. The molecular formula is C14H20N4O. The lowest BCUT2D eigenvalue weighted by molar-refractivity contribution is 0.138. The van der Waals surface area contributed by atoms with Crippen molar-refractivity contribution < 1.29 is 5.11 Å². The summed E-state index contributed by atoms with van der Waals surface area (Å²) in [6, 6.07) is 7.82. The normalized spacial score (nSPS) is 12.7. The summed E-state index contributed by atoms with van der Waals surface area (Å²) >= 11 is 0. The van der Waals surface area contributed by atoms with E-state index in [-0.39, 0.29) is 5.92 Å². The molecule has 0 radical (unpaired) electrons. The van der Waals surface area contributed by atoms with Crippen molar-refractivity contribution in [3.05, 3.63) is 24.3 Å². The molecule has 0 aliphatic carbocycles. The van der Waals surface area contributed by atoms with E-state index < -0.39 is 6.10 Å². The van der Waals surface area contributed by atoms with Gasteiger partial charge in [-0.05, 0) is 18.1 Å². The Kier molecular flexibility index (Phi) is 4.16. The Morgan fingerprint density at radius 2 is 1.95 bits per heavy atom. The number of benzene rings is 1. The molecule has 3 N–H and O–H groups in total. The average molecular weight is 260 g/mol. The quantitative estimate of drug-likeness (QED) is 0.768. The third-order valence-corrected chi connectivity index (χ3v) is 3.08. The molecule has 0 saturated carbocycles. The molecule has 1 aromatic carbocycles. The number of fused-ring (bicyclic) bond motifs is 1. The molecule has 0 aliphatic heterocycles. The molecule has 0 amide bonds. The lowest BCUT2D eigenvalue weighted by atomic mass is 10.1. The van der Waals surface area contributed by atoms with Crippen molar-refractivity contribution in [2.45, 2.75) is 20.0 Å². The SMILES string of the molecule is CNc1nc(NCC(O)C(C)C)c2ccccc2n1. The van der Waals surface area contributed by atoms with Crippen molar-refractivity contribution in [3.63, 3.8) is 0 Å². The van der Waals surface area contributed by atoms with Gasteiger partial charge in [0.1, 0.15) is 5.82 Å². The molecule has 0 fully saturated rings. The van der Waals surface area contributed by atoms with Crippen LogP contribution in [0.25, 0.3) is 10.9 Å². The molecule has 1 heterocycles. The van der Waals surface area contributed by atoms with E-state index in [0.29, 0.717) is 12.5 Å².